The van der Waals surface area contributed by atoms with Crippen LogP contribution in [0.5, 0.6) is 0 Å². The van der Waals surface area contributed by atoms with E-state index in [0.717, 1.165) is 6.61 Å². The van der Waals surface area contributed by atoms with E-state index in [1.54, 1.807) is 0 Å². The number of nitrogens with two attached hydrogens (primary N) is 1. The Labute approximate surface area is 97.7 Å². The molecule has 0 radical (unpaired) electrons. The molecule has 0 aliphatic heterocycles. The van der Waals surface area contributed by atoms with Gasteiger partial charge in [-0.1, -0.05) is 19.9 Å². The van der Waals surface area contributed by atoms with E-state index in [0.29, 0.717) is 45.0 Å². The van der Waals surface area contributed by atoms with E-state index in [1.165, 1.54) is 5.57 Å². The molecule has 0 heterocycles. The first-order chi connectivity index (χ1) is 7.67. The number of hydrogen-bond acceptors (Lipinski definition) is 4. The monoisotopic (exact) mass is 229 g/mol. The largest absolute Gasteiger partial charge is 0.378 e. The Morgan fingerprint density at radius 3 is 2.00 bits per heavy atom. The molecule has 0 aromatic heterocycles. The lowest BCUT2D eigenvalue weighted by Gasteiger charge is -2.07. The lowest BCUT2D eigenvalue weighted by Crippen LogP contribution is -2.13. The third-order valence-electron chi connectivity index (χ3n) is 2.54. The zero-order chi connectivity index (χ0) is 11.9. The summed E-state index contributed by atoms with van der Waals surface area (Å²) in [5, 5.41) is 0. The van der Waals surface area contributed by atoms with Crippen molar-refractivity contribution in [3.05, 3.63) is 11.6 Å². The summed E-state index contributed by atoms with van der Waals surface area (Å²) in [6.45, 7) is 8.77. The molecule has 1 aliphatic rings. The van der Waals surface area contributed by atoms with Crippen molar-refractivity contribution in [3.63, 3.8) is 0 Å². The van der Waals surface area contributed by atoms with Gasteiger partial charge >= 0.3 is 0 Å². The van der Waals surface area contributed by atoms with Crippen molar-refractivity contribution in [3.8, 4) is 0 Å². The zero-order valence-electron chi connectivity index (χ0n) is 10.3. The van der Waals surface area contributed by atoms with Gasteiger partial charge in [0.25, 0.3) is 0 Å². The van der Waals surface area contributed by atoms with Crippen LogP contribution in [0, 0.1) is 5.41 Å². The first kappa shape index (κ1) is 13.6. The van der Waals surface area contributed by atoms with Crippen LogP contribution in [0.1, 0.15) is 13.8 Å². The zero-order valence-corrected chi connectivity index (χ0v) is 10.3. The molecule has 2 N–H and O–H groups in total. The molecule has 0 fully saturated rings. The van der Waals surface area contributed by atoms with Crippen molar-refractivity contribution in [1.29, 1.82) is 0 Å². The van der Waals surface area contributed by atoms with Gasteiger partial charge in [0.05, 0.1) is 39.6 Å². The summed E-state index contributed by atoms with van der Waals surface area (Å²) < 4.78 is 16.0. The highest BCUT2D eigenvalue weighted by Gasteiger charge is 2.33. The van der Waals surface area contributed by atoms with Gasteiger partial charge in [-0.15, -0.1) is 0 Å². The fraction of sp³-hybridized carbons (Fsp3) is 0.833. The fourth-order valence-corrected chi connectivity index (χ4v) is 1.33. The Balaban J connectivity index is 1.74. The summed E-state index contributed by atoms with van der Waals surface area (Å²) >= 11 is 0. The van der Waals surface area contributed by atoms with Gasteiger partial charge in [-0.05, 0) is 5.57 Å². The van der Waals surface area contributed by atoms with Crippen LogP contribution in [-0.2, 0) is 14.2 Å². The smallest absolute Gasteiger partial charge is 0.0704 e. The molecule has 4 nitrogen and oxygen atoms in total. The van der Waals surface area contributed by atoms with Crippen molar-refractivity contribution in [1.82, 2.24) is 0 Å². The normalized spacial score (nSPS) is 17.3. The van der Waals surface area contributed by atoms with Gasteiger partial charge in [-0.25, -0.2) is 0 Å². The van der Waals surface area contributed by atoms with Crippen LogP contribution in [0.3, 0.4) is 0 Å². The van der Waals surface area contributed by atoms with Gasteiger partial charge in [0.15, 0.2) is 0 Å². The predicted molar refractivity (Wildman–Crippen MR) is 63.4 cm³/mol. The van der Waals surface area contributed by atoms with Crippen LogP contribution in [0.4, 0.5) is 0 Å². The highest BCUT2D eigenvalue weighted by atomic mass is 16.5. The first-order valence-electron chi connectivity index (χ1n) is 5.82. The minimum atomic E-state index is 0.303. The van der Waals surface area contributed by atoms with Crippen molar-refractivity contribution < 1.29 is 14.2 Å². The summed E-state index contributed by atoms with van der Waals surface area (Å²) in [7, 11) is 0. The topological polar surface area (TPSA) is 53.7 Å². The second-order valence-electron chi connectivity index (χ2n) is 4.46. The van der Waals surface area contributed by atoms with Gasteiger partial charge in [0.2, 0.25) is 0 Å². The van der Waals surface area contributed by atoms with E-state index in [2.05, 4.69) is 19.9 Å². The van der Waals surface area contributed by atoms with E-state index in [9.17, 15) is 0 Å². The van der Waals surface area contributed by atoms with Crippen molar-refractivity contribution in [2.24, 2.45) is 11.1 Å². The second-order valence-corrected chi connectivity index (χ2v) is 4.46. The SMILES string of the molecule is CC1(C)C=C1COCCOCCOCCN. The molecule has 0 aromatic rings. The Morgan fingerprint density at radius 1 is 1.00 bits per heavy atom. The quantitative estimate of drug-likeness (QED) is 0.448. The standard InChI is InChI=1S/C12H23NO3/c1-12(2)9-11(12)10-16-8-7-15-6-5-14-4-3-13/h9H,3-8,10,13H2,1-2H3. The van der Waals surface area contributed by atoms with Crippen LogP contribution in [-0.4, -0.2) is 46.2 Å². The van der Waals surface area contributed by atoms with Crippen LogP contribution in [0.2, 0.25) is 0 Å². The molecule has 4 heteroatoms. The van der Waals surface area contributed by atoms with Gasteiger partial charge in [0, 0.05) is 12.0 Å². The lowest BCUT2D eigenvalue weighted by molar-refractivity contribution is 0.0199. The molecule has 94 valence electrons. The van der Waals surface area contributed by atoms with Gasteiger partial charge in [-0.3, -0.25) is 0 Å². The third-order valence-corrected chi connectivity index (χ3v) is 2.54. The van der Waals surface area contributed by atoms with Gasteiger partial charge in [0.1, 0.15) is 0 Å². The molecule has 0 spiro atoms. The molecule has 0 aromatic carbocycles. The average Bonchev–Trinajstić information content (AvgIpc) is 2.84. The van der Waals surface area contributed by atoms with Crippen LogP contribution >= 0.6 is 0 Å². The van der Waals surface area contributed by atoms with Crippen molar-refractivity contribution in [2.45, 2.75) is 13.8 Å². The molecule has 1 aliphatic carbocycles. The number of rotatable bonds is 10. The minimum absolute atomic E-state index is 0.303. The molecule has 0 bridgehead atoms. The Bertz CT molecular complexity index is 226. The predicted octanol–water partition coefficient (Wildman–Crippen LogP) is 0.961. The van der Waals surface area contributed by atoms with E-state index >= 15 is 0 Å². The molecular weight excluding hydrogens is 206 g/mol. The number of hydrogen-bond donors (Lipinski definition) is 1. The molecule has 16 heavy (non-hydrogen) atoms. The van der Waals surface area contributed by atoms with Gasteiger partial charge in [-0.2, -0.15) is 0 Å². The summed E-state index contributed by atoms with van der Waals surface area (Å²) in [6.07, 6.45) is 2.23. The maximum Gasteiger partial charge on any atom is 0.0704 e. The summed E-state index contributed by atoms with van der Waals surface area (Å²) in [4.78, 5) is 0. The van der Waals surface area contributed by atoms with Crippen LogP contribution in [0.15, 0.2) is 11.6 Å². The minimum Gasteiger partial charge on any atom is -0.378 e. The third kappa shape index (κ3) is 5.61. The molecule has 1 rings (SSSR count). The number of ether oxygens (including phenoxy) is 3. The fourth-order valence-electron chi connectivity index (χ4n) is 1.33. The molecular formula is C12H23NO3. The molecule has 0 unspecified atom stereocenters. The second kappa shape index (κ2) is 7.01. The highest BCUT2D eigenvalue weighted by Crippen LogP contribution is 2.42. The van der Waals surface area contributed by atoms with E-state index in [-0.39, 0.29) is 0 Å². The lowest BCUT2D eigenvalue weighted by atomic mass is 10.1. The van der Waals surface area contributed by atoms with Gasteiger partial charge < -0.3 is 19.9 Å². The maximum atomic E-state index is 5.47. The van der Waals surface area contributed by atoms with E-state index in [4.69, 9.17) is 19.9 Å². The Hall–Kier alpha value is -0.420. The Kier molecular flexibility index (Phi) is 5.98. The average molecular weight is 229 g/mol. The summed E-state index contributed by atoms with van der Waals surface area (Å²) in [5.74, 6) is 0. The number of allylic oxidation sites excluding steroid dienone is 1. The molecule has 0 amide bonds. The van der Waals surface area contributed by atoms with E-state index in [1.807, 2.05) is 0 Å². The van der Waals surface area contributed by atoms with E-state index < -0.39 is 0 Å². The first-order valence-corrected chi connectivity index (χ1v) is 5.82. The molecule has 0 saturated carbocycles. The summed E-state index contributed by atoms with van der Waals surface area (Å²) in [6, 6.07) is 0. The van der Waals surface area contributed by atoms with Crippen molar-refractivity contribution in [2.75, 3.05) is 46.2 Å². The molecule has 0 saturated heterocycles. The highest BCUT2D eigenvalue weighted by molar-refractivity contribution is 5.36. The Morgan fingerprint density at radius 2 is 1.50 bits per heavy atom. The van der Waals surface area contributed by atoms with Crippen molar-refractivity contribution >= 4 is 0 Å². The molecule has 0 atom stereocenters. The maximum absolute atomic E-state index is 5.47. The van der Waals surface area contributed by atoms with Crippen LogP contribution < -0.4 is 5.73 Å². The summed E-state index contributed by atoms with van der Waals surface area (Å²) in [5.41, 5.74) is 6.96. The van der Waals surface area contributed by atoms with Crippen LogP contribution in [0.25, 0.3) is 0 Å².